The van der Waals surface area contributed by atoms with E-state index in [1.165, 1.54) is 0 Å². The molecule has 1 N–H and O–H groups in total. The van der Waals surface area contributed by atoms with Gasteiger partial charge in [-0.25, -0.2) is 4.79 Å². The highest BCUT2D eigenvalue weighted by atomic mass is 16.6. The number of hydrogen-bond acceptors (Lipinski definition) is 7. The molecule has 9 nitrogen and oxygen atoms in total. The van der Waals surface area contributed by atoms with Crippen molar-refractivity contribution in [2.24, 2.45) is 5.41 Å². The van der Waals surface area contributed by atoms with Gasteiger partial charge in [-0.2, -0.15) is 0 Å². The van der Waals surface area contributed by atoms with Crippen LogP contribution in [0.4, 0.5) is 11.4 Å². The zero-order valence-electron chi connectivity index (χ0n) is 21.5. The third kappa shape index (κ3) is 2.90. The van der Waals surface area contributed by atoms with Crippen LogP contribution in [0.3, 0.4) is 0 Å². The van der Waals surface area contributed by atoms with Crippen molar-refractivity contribution in [2.45, 2.75) is 30.2 Å². The van der Waals surface area contributed by atoms with Crippen LogP contribution in [0.1, 0.15) is 12.0 Å². The summed E-state index contributed by atoms with van der Waals surface area (Å²) in [7, 11) is 3.43. The van der Waals surface area contributed by atoms with Crippen molar-refractivity contribution >= 4 is 29.2 Å². The standard InChI is InChI=1S/C30H27N3O6/c1-32-17-16-29-25(39-28(36)30(29,32)21-10-6-7-11-22(21)31-27(29)35)23-24(38-20-8-4-3-5-9-20)26(34)33(23)18-12-14-19(37-2)15-13-18/h3-15,23-25H,16-17H2,1-2H3,(H,31,35)/t23-,24+,25+,29+,30-/m0/s1. The Morgan fingerprint density at radius 2 is 1.64 bits per heavy atom. The lowest BCUT2D eigenvalue weighted by atomic mass is 9.59. The van der Waals surface area contributed by atoms with Gasteiger partial charge in [0, 0.05) is 23.5 Å². The summed E-state index contributed by atoms with van der Waals surface area (Å²) in [4.78, 5) is 45.4. The molecular formula is C30H27N3O6. The molecule has 3 saturated heterocycles. The SMILES string of the molecule is COc1ccc(N2C(=O)[C@H](Oc3ccccc3)[C@H]2[C@H]2OC(=O)[C@@]34c5ccccc5NC(=O)[C@@]23CCN4C)cc1. The van der Waals surface area contributed by atoms with Gasteiger partial charge in [0.15, 0.2) is 5.54 Å². The van der Waals surface area contributed by atoms with Crippen LogP contribution in [-0.2, 0) is 24.7 Å². The maximum Gasteiger partial charge on any atom is 0.332 e. The van der Waals surface area contributed by atoms with Gasteiger partial charge in [0.25, 0.3) is 5.91 Å². The van der Waals surface area contributed by atoms with E-state index in [1.807, 2.05) is 48.3 Å². The summed E-state index contributed by atoms with van der Waals surface area (Å²) in [5.74, 6) is 0.120. The topological polar surface area (TPSA) is 97.4 Å². The van der Waals surface area contributed by atoms with Gasteiger partial charge >= 0.3 is 5.97 Å². The van der Waals surface area contributed by atoms with Crippen LogP contribution in [0.15, 0.2) is 78.9 Å². The highest BCUT2D eigenvalue weighted by Crippen LogP contribution is 2.64. The summed E-state index contributed by atoms with van der Waals surface area (Å²) in [5.41, 5.74) is -0.663. The van der Waals surface area contributed by atoms with Crippen LogP contribution >= 0.6 is 0 Å². The predicted molar refractivity (Wildman–Crippen MR) is 141 cm³/mol. The fraction of sp³-hybridized carbons (Fsp3) is 0.300. The number of methoxy groups -OCH3 is 1. The summed E-state index contributed by atoms with van der Waals surface area (Å²) in [6.45, 7) is 0.515. The number of cyclic esters (lactones) is 1. The van der Waals surface area contributed by atoms with Crippen LogP contribution in [0, 0.1) is 5.41 Å². The molecule has 4 heterocycles. The number of carbonyl (C=O) groups excluding carboxylic acids is 3. The Labute approximate surface area is 225 Å². The number of nitrogens with one attached hydrogen (secondary N) is 1. The number of nitrogens with zero attached hydrogens (tertiary/aromatic N) is 2. The molecule has 2 amide bonds. The Hall–Kier alpha value is -4.37. The molecule has 9 heteroatoms. The number of carbonyl (C=O) groups is 3. The van der Waals surface area contributed by atoms with Gasteiger partial charge < -0.3 is 19.5 Å². The number of esters is 1. The predicted octanol–water partition coefficient (Wildman–Crippen LogP) is 2.95. The average molecular weight is 526 g/mol. The first-order valence-corrected chi connectivity index (χ1v) is 13.0. The van der Waals surface area contributed by atoms with Crippen molar-refractivity contribution in [2.75, 3.05) is 30.9 Å². The smallest absolute Gasteiger partial charge is 0.332 e. The van der Waals surface area contributed by atoms with Crippen LogP contribution in [0.2, 0.25) is 0 Å². The van der Waals surface area contributed by atoms with Crippen LogP contribution in [0.25, 0.3) is 0 Å². The summed E-state index contributed by atoms with van der Waals surface area (Å²) in [6, 6.07) is 22.8. The van der Waals surface area contributed by atoms with Crippen molar-refractivity contribution in [1.29, 1.82) is 0 Å². The Bertz CT molecular complexity index is 1490. The molecule has 3 aromatic carbocycles. The number of fused-ring (bicyclic) bond motifs is 1. The number of anilines is 2. The molecule has 0 bridgehead atoms. The molecule has 0 spiro atoms. The number of hydrogen-bond donors (Lipinski definition) is 1. The molecule has 0 aliphatic carbocycles. The quantitative estimate of drug-likeness (QED) is 0.404. The van der Waals surface area contributed by atoms with Gasteiger partial charge in [-0.3, -0.25) is 19.4 Å². The monoisotopic (exact) mass is 525 g/mol. The fourth-order valence-corrected chi connectivity index (χ4v) is 7.07. The maximum atomic E-state index is 14.1. The van der Waals surface area contributed by atoms with Gasteiger partial charge in [0.1, 0.15) is 29.1 Å². The summed E-state index contributed by atoms with van der Waals surface area (Å²) in [6.07, 6.45) is -1.51. The summed E-state index contributed by atoms with van der Waals surface area (Å²) < 4.78 is 17.7. The zero-order valence-corrected chi connectivity index (χ0v) is 21.5. The van der Waals surface area contributed by atoms with E-state index in [-0.39, 0.29) is 11.8 Å². The molecule has 0 saturated carbocycles. The van der Waals surface area contributed by atoms with Gasteiger partial charge in [0.2, 0.25) is 12.0 Å². The number of amides is 2. The Balaban J connectivity index is 1.38. The maximum absolute atomic E-state index is 14.1. The first-order valence-electron chi connectivity index (χ1n) is 13.0. The highest BCUT2D eigenvalue weighted by molar-refractivity contribution is 6.11. The van der Waals surface area contributed by atoms with E-state index in [4.69, 9.17) is 14.2 Å². The van der Waals surface area contributed by atoms with Crippen molar-refractivity contribution in [3.63, 3.8) is 0 Å². The molecule has 5 atom stereocenters. The van der Waals surface area contributed by atoms with E-state index < -0.39 is 35.2 Å². The largest absolute Gasteiger partial charge is 0.497 e. The van der Waals surface area contributed by atoms with Gasteiger partial charge in [-0.05, 0) is 55.9 Å². The highest BCUT2D eigenvalue weighted by Gasteiger charge is 2.81. The van der Waals surface area contributed by atoms with Gasteiger partial charge in [0.05, 0.1) is 7.11 Å². The van der Waals surface area contributed by atoms with Crippen molar-refractivity contribution < 1.29 is 28.6 Å². The Kier molecular flexibility index (Phi) is 5.06. The van der Waals surface area contributed by atoms with E-state index in [2.05, 4.69) is 5.32 Å². The minimum atomic E-state index is -1.31. The molecule has 0 unspecified atom stereocenters. The fourth-order valence-electron chi connectivity index (χ4n) is 7.07. The van der Waals surface area contributed by atoms with Gasteiger partial charge in [-0.1, -0.05) is 36.4 Å². The second-order valence-corrected chi connectivity index (χ2v) is 10.4. The zero-order chi connectivity index (χ0) is 26.9. The molecule has 4 aliphatic rings. The minimum Gasteiger partial charge on any atom is -0.497 e. The molecule has 198 valence electrons. The van der Waals surface area contributed by atoms with Crippen molar-refractivity contribution in [3.05, 3.63) is 84.4 Å². The number of para-hydroxylation sites is 2. The number of likely N-dealkylation sites (tertiary alicyclic amines) is 1. The number of β-lactam (4-membered cyclic amide) rings is 1. The third-order valence-corrected chi connectivity index (χ3v) is 8.80. The first-order chi connectivity index (χ1) is 18.9. The molecule has 7 rings (SSSR count). The van der Waals surface area contributed by atoms with E-state index in [1.54, 1.807) is 54.5 Å². The van der Waals surface area contributed by atoms with Gasteiger partial charge in [-0.15, -0.1) is 0 Å². The number of likely N-dealkylation sites (N-methyl/N-ethyl adjacent to an activating group) is 1. The van der Waals surface area contributed by atoms with Crippen LogP contribution < -0.4 is 19.7 Å². The van der Waals surface area contributed by atoms with E-state index >= 15 is 0 Å². The third-order valence-electron chi connectivity index (χ3n) is 8.80. The lowest BCUT2D eigenvalue weighted by molar-refractivity contribution is -0.155. The average Bonchev–Trinajstić information content (AvgIpc) is 3.43. The normalized spacial score (nSPS) is 31.0. The lowest BCUT2D eigenvalue weighted by Crippen LogP contribution is -2.75. The lowest BCUT2D eigenvalue weighted by Gasteiger charge is -2.52. The molecule has 4 aliphatic heterocycles. The Morgan fingerprint density at radius 1 is 0.923 bits per heavy atom. The van der Waals surface area contributed by atoms with E-state index in [0.717, 1.165) is 0 Å². The van der Waals surface area contributed by atoms with Crippen molar-refractivity contribution in [3.8, 4) is 11.5 Å². The molecule has 3 aromatic rings. The Morgan fingerprint density at radius 3 is 2.38 bits per heavy atom. The molecule has 0 aromatic heterocycles. The minimum absolute atomic E-state index is 0.276. The van der Waals surface area contributed by atoms with E-state index in [0.29, 0.717) is 41.4 Å². The molecule has 0 radical (unpaired) electrons. The molecule has 3 fully saturated rings. The summed E-state index contributed by atoms with van der Waals surface area (Å²) in [5, 5.41) is 3.05. The van der Waals surface area contributed by atoms with E-state index in [9.17, 15) is 14.4 Å². The van der Waals surface area contributed by atoms with Crippen molar-refractivity contribution in [1.82, 2.24) is 4.90 Å². The van der Waals surface area contributed by atoms with Crippen LogP contribution in [0.5, 0.6) is 11.5 Å². The number of benzene rings is 3. The first kappa shape index (κ1) is 23.7. The molecule has 39 heavy (non-hydrogen) atoms. The molecular weight excluding hydrogens is 498 g/mol. The van der Waals surface area contributed by atoms with Crippen LogP contribution in [-0.4, -0.2) is 61.6 Å². The second-order valence-electron chi connectivity index (χ2n) is 10.4. The second kappa shape index (κ2) is 8.31. The number of rotatable bonds is 5. The summed E-state index contributed by atoms with van der Waals surface area (Å²) >= 11 is 0. The number of ether oxygens (including phenoxy) is 3.